The van der Waals surface area contributed by atoms with Crippen molar-refractivity contribution in [3.05, 3.63) is 64.5 Å². The molecule has 0 aliphatic heterocycles. The molecule has 21 heavy (non-hydrogen) atoms. The Morgan fingerprint density at radius 1 is 1.00 bits per heavy atom. The first kappa shape index (κ1) is 13.9. The van der Waals surface area contributed by atoms with Crippen LogP contribution in [0.25, 0.3) is 11.4 Å². The monoisotopic (exact) mass is 320 g/mol. The first-order chi connectivity index (χ1) is 10.2. The van der Waals surface area contributed by atoms with Crippen LogP contribution in [0.1, 0.15) is 5.89 Å². The molecule has 2 aromatic carbocycles. The molecule has 1 aromatic heterocycles. The molecule has 6 heteroatoms. The molecule has 0 fully saturated rings. The van der Waals surface area contributed by atoms with Crippen molar-refractivity contribution in [3.63, 3.8) is 0 Å². The second kappa shape index (κ2) is 6.16. The molecule has 0 saturated carbocycles. The normalized spacial score (nSPS) is 10.6. The van der Waals surface area contributed by atoms with Crippen LogP contribution in [0.15, 0.2) is 53.1 Å². The molecular weight excluding hydrogens is 311 g/mol. The number of halogens is 2. The van der Waals surface area contributed by atoms with Crippen molar-refractivity contribution < 1.29 is 9.26 Å². The van der Waals surface area contributed by atoms with Gasteiger partial charge in [0.15, 0.2) is 6.61 Å². The van der Waals surface area contributed by atoms with Crippen LogP contribution in [0, 0.1) is 0 Å². The molecule has 0 amide bonds. The number of aromatic nitrogens is 2. The fourth-order valence-electron chi connectivity index (χ4n) is 1.77. The van der Waals surface area contributed by atoms with Crippen molar-refractivity contribution in [2.45, 2.75) is 6.61 Å². The van der Waals surface area contributed by atoms with Gasteiger partial charge in [-0.25, -0.2) is 0 Å². The molecule has 0 spiro atoms. The standard InChI is InChI=1S/C15H10Cl2N2O2/c16-11-6-12(17)8-13(7-11)20-9-14-18-15(19-21-14)10-4-2-1-3-5-10/h1-8H,9H2. The lowest BCUT2D eigenvalue weighted by Crippen LogP contribution is -1.95. The zero-order chi connectivity index (χ0) is 14.7. The van der Waals surface area contributed by atoms with Crippen LogP contribution in [0.4, 0.5) is 0 Å². The van der Waals surface area contributed by atoms with Gasteiger partial charge in [-0.05, 0) is 18.2 Å². The number of hydrogen-bond donors (Lipinski definition) is 0. The minimum Gasteiger partial charge on any atom is -0.484 e. The lowest BCUT2D eigenvalue weighted by Gasteiger charge is -2.03. The van der Waals surface area contributed by atoms with Crippen LogP contribution in [0.2, 0.25) is 10.0 Å². The van der Waals surface area contributed by atoms with Gasteiger partial charge in [-0.15, -0.1) is 0 Å². The highest BCUT2D eigenvalue weighted by Crippen LogP contribution is 2.25. The highest BCUT2D eigenvalue weighted by atomic mass is 35.5. The van der Waals surface area contributed by atoms with Gasteiger partial charge >= 0.3 is 0 Å². The minimum absolute atomic E-state index is 0.149. The van der Waals surface area contributed by atoms with Crippen LogP contribution in [0.3, 0.4) is 0 Å². The molecule has 106 valence electrons. The van der Waals surface area contributed by atoms with Gasteiger partial charge in [0.2, 0.25) is 5.82 Å². The average Bonchev–Trinajstić information content (AvgIpc) is 2.94. The highest BCUT2D eigenvalue weighted by Gasteiger charge is 2.09. The Hall–Kier alpha value is -2.04. The fraction of sp³-hybridized carbons (Fsp3) is 0.0667. The summed E-state index contributed by atoms with van der Waals surface area (Å²) in [7, 11) is 0. The Balaban J connectivity index is 1.70. The van der Waals surface area contributed by atoms with Crippen LogP contribution in [0.5, 0.6) is 5.75 Å². The summed E-state index contributed by atoms with van der Waals surface area (Å²) in [6.45, 7) is 0.149. The van der Waals surface area contributed by atoms with Gasteiger partial charge in [0.1, 0.15) is 5.75 Å². The van der Waals surface area contributed by atoms with Crippen molar-refractivity contribution in [1.82, 2.24) is 10.1 Å². The third-order valence-electron chi connectivity index (χ3n) is 2.70. The zero-order valence-electron chi connectivity index (χ0n) is 10.8. The highest BCUT2D eigenvalue weighted by molar-refractivity contribution is 6.34. The topological polar surface area (TPSA) is 48.2 Å². The summed E-state index contributed by atoms with van der Waals surface area (Å²) < 4.78 is 10.7. The van der Waals surface area contributed by atoms with Crippen LogP contribution < -0.4 is 4.74 Å². The SMILES string of the molecule is Clc1cc(Cl)cc(OCc2nc(-c3ccccc3)no2)c1. The second-order valence-corrected chi connectivity index (χ2v) is 5.14. The molecule has 0 aliphatic rings. The van der Waals surface area contributed by atoms with E-state index in [-0.39, 0.29) is 6.61 Å². The van der Waals surface area contributed by atoms with E-state index in [4.69, 9.17) is 32.5 Å². The second-order valence-electron chi connectivity index (χ2n) is 4.27. The predicted octanol–water partition coefficient (Wildman–Crippen LogP) is 4.62. The van der Waals surface area contributed by atoms with E-state index in [0.29, 0.717) is 27.5 Å². The van der Waals surface area contributed by atoms with E-state index in [1.807, 2.05) is 30.3 Å². The van der Waals surface area contributed by atoms with Gasteiger partial charge in [0.05, 0.1) is 0 Å². The third kappa shape index (κ3) is 3.54. The molecule has 0 N–H and O–H groups in total. The number of ether oxygens (including phenoxy) is 1. The van der Waals surface area contributed by atoms with Crippen molar-refractivity contribution in [2.75, 3.05) is 0 Å². The van der Waals surface area contributed by atoms with Crippen LogP contribution in [-0.2, 0) is 6.61 Å². The Bertz CT molecular complexity index is 724. The molecule has 3 rings (SSSR count). The largest absolute Gasteiger partial charge is 0.484 e. The third-order valence-corrected chi connectivity index (χ3v) is 3.13. The maximum absolute atomic E-state index is 5.90. The van der Waals surface area contributed by atoms with Gasteiger partial charge in [-0.2, -0.15) is 4.98 Å². The number of nitrogens with zero attached hydrogens (tertiary/aromatic N) is 2. The summed E-state index contributed by atoms with van der Waals surface area (Å²) in [5.41, 5.74) is 0.887. The molecule has 1 heterocycles. The number of hydrogen-bond acceptors (Lipinski definition) is 4. The maximum Gasteiger partial charge on any atom is 0.264 e. The van der Waals surface area contributed by atoms with E-state index in [9.17, 15) is 0 Å². The van der Waals surface area contributed by atoms with E-state index in [2.05, 4.69) is 10.1 Å². The van der Waals surface area contributed by atoms with E-state index in [0.717, 1.165) is 5.56 Å². The smallest absolute Gasteiger partial charge is 0.264 e. The summed E-state index contributed by atoms with van der Waals surface area (Å²) in [6, 6.07) is 14.5. The minimum atomic E-state index is 0.149. The van der Waals surface area contributed by atoms with Crippen LogP contribution in [-0.4, -0.2) is 10.1 Å². The van der Waals surface area contributed by atoms with Gasteiger partial charge < -0.3 is 9.26 Å². The van der Waals surface area contributed by atoms with Crippen molar-refractivity contribution in [1.29, 1.82) is 0 Å². The maximum atomic E-state index is 5.90. The Morgan fingerprint density at radius 2 is 1.71 bits per heavy atom. The Kier molecular flexibility index (Phi) is 4.08. The summed E-state index contributed by atoms with van der Waals surface area (Å²) in [4.78, 5) is 4.27. The quantitative estimate of drug-likeness (QED) is 0.703. The summed E-state index contributed by atoms with van der Waals surface area (Å²) in [6.07, 6.45) is 0. The zero-order valence-corrected chi connectivity index (χ0v) is 12.3. The molecule has 4 nitrogen and oxygen atoms in total. The van der Waals surface area contributed by atoms with Gasteiger partial charge in [0.25, 0.3) is 5.89 Å². The Morgan fingerprint density at radius 3 is 2.43 bits per heavy atom. The summed E-state index contributed by atoms with van der Waals surface area (Å²) >= 11 is 11.8. The van der Waals surface area contributed by atoms with Crippen LogP contribution >= 0.6 is 23.2 Å². The summed E-state index contributed by atoms with van der Waals surface area (Å²) in [5.74, 6) is 1.45. The predicted molar refractivity (Wildman–Crippen MR) is 80.5 cm³/mol. The molecule has 0 aliphatic carbocycles. The average molecular weight is 321 g/mol. The molecule has 0 atom stereocenters. The van der Waals surface area contributed by atoms with E-state index < -0.39 is 0 Å². The molecule has 0 saturated heterocycles. The number of rotatable bonds is 4. The summed E-state index contributed by atoms with van der Waals surface area (Å²) in [5, 5.41) is 4.93. The number of benzene rings is 2. The van der Waals surface area contributed by atoms with Gasteiger partial charge in [-0.3, -0.25) is 0 Å². The van der Waals surface area contributed by atoms with E-state index in [1.54, 1.807) is 18.2 Å². The molecular formula is C15H10Cl2N2O2. The first-order valence-corrected chi connectivity index (χ1v) is 6.93. The van der Waals surface area contributed by atoms with Crippen molar-refractivity contribution >= 4 is 23.2 Å². The first-order valence-electron chi connectivity index (χ1n) is 6.17. The Labute approximate surface area is 131 Å². The molecule has 0 bridgehead atoms. The van der Waals surface area contributed by atoms with Gasteiger partial charge in [0, 0.05) is 15.6 Å². The van der Waals surface area contributed by atoms with E-state index >= 15 is 0 Å². The fourth-order valence-corrected chi connectivity index (χ4v) is 2.28. The molecule has 0 radical (unpaired) electrons. The molecule has 3 aromatic rings. The van der Waals surface area contributed by atoms with Gasteiger partial charge in [-0.1, -0.05) is 58.7 Å². The van der Waals surface area contributed by atoms with Crippen molar-refractivity contribution in [2.24, 2.45) is 0 Å². The lowest BCUT2D eigenvalue weighted by molar-refractivity contribution is 0.243. The van der Waals surface area contributed by atoms with Crippen molar-refractivity contribution in [3.8, 4) is 17.1 Å². The lowest BCUT2D eigenvalue weighted by atomic mass is 10.2. The van der Waals surface area contributed by atoms with E-state index in [1.165, 1.54) is 0 Å². The molecule has 0 unspecified atom stereocenters.